The lowest BCUT2D eigenvalue weighted by atomic mass is 10.0. The molecule has 1 fully saturated rings. The van der Waals surface area contributed by atoms with Crippen molar-refractivity contribution in [3.8, 4) is 0 Å². The van der Waals surface area contributed by atoms with Crippen LogP contribution in [-0.2, 0) is 6.18 Å². The molecule has 0 spiro atoms. The number of rotatable bonds is 5. The van der Waals surface area contributed by atoms with Gasteiger partial charge in [0.25, 0.3) is 0 Å². The molecule has 4 aromatic rings. The molecule has 13 heteroatoms. The highest BCUT2D eigenvalue weighted by atomic mass is 35.5. The van der Waals surface area contributed by atoms with Crippen LogP contribution >= 0.6 is 11.6 Å². The first kappa shape index (κ1) is 27.3. The van der Waals surface area contributed by atoms with Crippen LogP contribution in [0.15, 0.2) is 54.7 Å². The van der Waals surface area contributed by atoms with Crippen molar-refractivity contribution in [2.24, 2.45) is 0 Å². The van der Waals surface area contributed by atoms with Gasteiger partial charge in [-0.15, -0.1) is 0 Å². The summed E-state index contributed by atoms with van der Waals surface area (Å²) in [4.78, 5) is 36.6. The second-order valence-corrected chi connectivity index (χ2v) is 9.45. The minimum atomic E-state index is -4.76. The summed E-state index contributed by atoms with van der Waals surface area (Å²) in [5, 5.41) is 3.80. The minimum Gasteiger partial charge on any atom is -0.355 e. The first-order valence-corrected chi connectivity index (χ1v) is 12.4. The summed E-state index contributed by atoms with van der Waals surface area (Å²) in [5.74, 6) is -3.07. The zero-order chi connectivity index (χ0) is 28.6. The molecule has 1 aliphatic heterocycles. The quantitative estimate of drug-likeness (QED) is 0.197. The third-order valence-electron chi connectivity index (χ3n) is 6.28. The topological polar surface area (TPSA) is 87.2 Å². The fourth-order valence-electron chi connectivity index (χ4n) is 4.34. The fourth-order valence-corrected chi connectivity index (χ4v) is 4.56. The Bertz CT molecular complexity index is 1640. The molecule has 1 aromatic heterocycles. The molecule has 0 atom stereocenters. The van der Waals surface area contributed by atoms with E-state index >= 15 is 0 Å². The standard InChI is InChI=1S/C27H19ClF5N5O2/c28-19-5-4-15(11-18(19)27(31,32)33)35-26(40)36-16-10-17(24(30)20(29)12-16)25(39)14-3-6-21-22(9-14)37-23(13-34-21)38-7-1-2-8-38/h3-6,9-13H,1-2,7-8H2,(H2,35,36,40). The maximum absolute atomic E-state index is 14.7. The average molecular weight is 576 g/mol. The molecule has 0 radical (unpaired) electrons. The van der Waals surface area contributed by atoms with Gasteiger partial charge in [-0.2, -0.15) is 13.2 Å². The van der Waals surface area contributed by atoms with E-state index in [2.05, 4.69) is 25.5 Å². The van der Waals surface area contributed by atoms with Crippen LogP contribution in [-0.4, -0.2) is 34.9 Å². The maximum atomic E-state index is 14.7. The molecule has 2 heterocycles. The Morgan fingerprint density at radius 1 is 0.900 bits per heavy atom. The van der Waals surface area contributed by atoms with Crippen LogP contribution in [0.4, 0.5) is 43.9 Å². The van der Waals surface area contributed by atoms with Crippen molar-refractivity contribution in [3.63, 3.8) is 0 Å². The predicted molar refractivity (Wildman–Crippen MR) is 140 cm³/mol. The smallest absolute Gasteiger partial charge is 0.355 e. The van der Waals surface area contributed by atoms with E-state index < -0.39 is 45.8 Å². The predicted octanol–water partition coefficient (Wildman–Crippen LogP) is 7.06. The average Bonchev–Trinajstić information content (AvgIpc) is 3.45. The highest BCUT2D eigenvalue weighted by molar-refractivity contribution is 6.31. The number of ketones is 1. The number of aromatic nitrogens is 2. The Labute approximate surface area is 229 Å². The van der Waals surface area contributed by atoms with Crippen molar-refractivity contribution in [1.29, 1.82) is 0 Å². The number of benzene rings is 3. The molecule has 2 N–H and O–H groups in total. The van der Waals surface area contributed by atoms with Crippen LogP contribution in [0.5, 0.6) is 0 Å². The van der Waals surface area contributed by atoms with Gasteiger partial charge in [0.05, 0.1) is 33.4 Å². The number of hydrogen-bond acceptors (Lipinski definition) is 5. The summed E-state index contributed by atoms with van der Waals surface area (Å²) in [7, 11) is 0. The Kier molecular flexibility index (Phi) is 7.28. The number of amides is 2. The van der Waals surface area contributed by atoms with Gasteiger partial charge in [-0.3, -0.25) is 9.78 Å². The van der Waals surface area contributed by atoms with Crippen LogP contribution in [0, 0.1) is 11.6 Å². The van der Waals surface area contributed by atoms with Crippen LogP contribution in [0.3, 0.4) is 0 Å². The summed E-state index contributed by atoms with van der Waals surface area (Å²) in [6.07, 6.45) is -1.07. The van der Waals surface area contributed by atoms with Crippen molar-refractivity contribution >= 4 is 51.6 Å². The van der Waals surface area contributed by atoms with E-state index in [0.29, 0.717) is 29.0 Å². The Morgan fingerprint density at radius 3 is 2.35 bits per heavy atom. The number of nitrogens with one attached hydrogen (secondary N) is 2. The second kappa shape index (κ2) is 10.7. The summed E-state index contributed by atoms with van der Waals surface area (Å²) >= 11 is 5.58. The third-order valence-corrected chi connectivity index (χ3v) is 6.61. The van der Waals surface area contributed by atoms with Gasteiger partial charge in [0.15, 0.2) is 17.4 Å². The normalized spacial score (nSPS) is 13.5. The summed E-state index contributed by atoms with van der Waals surface area (Å²) in [6.45, 7) is 1.66. The van der Waals surface area contributed by atoms with E-state index in [0.717, 1.165) is 44.1 Å². The molecule has 0 bridgehead atoms. The van der Waals surface area contributed by atoms with Gasteiger partial charge in [-0.1, -0.05) is 11.6 Å². The largest absolute Gasteiger partial charge is 0.417 e. The molecule has 206 valence electrons. The van der Waals surface area contributed by atoms with Crippen LogP contribution < -0.4 is 15.5 Å². The van der Waals surface area contributed by atoms with E-state index in [1.165, 1.54) is 18.2 Å². The van der Waals surface area contributed by atoms with E-state index in [1.54, 1.807) is 6.20 Å². The first-order valence-electron chi connectivity index (χ1n) is 12.0. The van der Waals surface area contributed by atoms with E-state index in [-0.39, 0.29) is 16.9 Å². The highest BCUT2D eigenvalue weighted by Gasteiger charge is 2.33. The zero-order valence-electron chi connectivity index (χ0n) is 20.5. The molecule has 40 heavy (non-hydrogen) atoms. The van der Waals surface area contributed by atoms with Crippen molar-refractivity contribution in [2.75, 3.05) is 28.6 Å². The minimum absolute atomic E-state index is 0.0149. The number of halogens is 6. The second-order valence-electron chi connectivity index (χ2n) is 9.05. The zero-order valence-corrected chi connectivity index (χ0v) is 21.2. The van der Waals surface area contributed by atoms with Crippen molar-refractivity contribution in [2.45, 2.75) is 19.0 Å². The molecule has 0 unspecified atom stereocenters. The number of hydrogen-bond donors (Lipinski definition) is 2. The lowest BCUT2D eigenvalue weighted by Crippen LogP contribution is -2.20. The van der Waals surface area contributed by atoms with Crippen molar-refractivity contribution < 1.29 is 31.5 Å². The third kappa shape index (κ3) is 5.67. The lowest BCUT2D eigenvalue weighted by molar-refractivity contribution is -0.137. The Hall–Kier alpha value is -4.32. The molecule has 1 aliphatic rings. The maximum Gasteiger partial charge on any atom is 0.417 e. The number of fused-ring (bicyclic) bond motifs is 1. The van der Waals surface area contributed by atoms with Gasteiger partial charge in [0, 0.05) is 36.1 Å². The fraction of sp³-hybridized carbons (Fsp3) is 0.185. The van der Waals surface area contributed by atoms with Crippen molar-refractivity contribution in [1.82, 2.24) is 9.97 Å². The summed E-state index contributed by atoms with van der Waals surface area (Å²) < 4.78 is 68.4. The number of carbonyl (C=O) groups excluding carboxylic acids is 2. The highest BCUT2D eigenvalue weighted by Crippen LogP contribution is 2.36. The first-order chi connectivity index (χ1) is 19.0. The number of carbonyl (C=O) groups is 2. The summed E-state index contributed by atoms with van der Waals surface area (Å²) in [5.41, 5.74) is -1.47. The molecule has 0 saturated carbocycles. The molecule has 2 amide bonds. The molecule has 0 aliphatic carbocycles. The Balaban J connectivity index is 1.38. The molecular weight excluding hydrogens is 557 g/mol. The van der Waals surface area contributed by atoms with Gasteiger partial charge in [0.1, 0.15) is 5.82 Å². The Morgan fingerprint density at radius 2 is 1.62 bits per heavy atom. The molecule has 3 aromatic carbocycles. The van der Waals surface area contributed by atoms with Crippen LogP contribution in [0.25, 0.3) is 11.0 Å². The molecule has 5 rings (SSSR count). The van der Waals surface area contributed by atoms with Gasteiger partial charge in [-0.05, 0) is 55.3 Å². The molecular formula is C27H19ClF5N5O2. The SMILES string of the molecule is O=C(Nc1cc(F)c(F)c(C(=O)c2ccc3ncc(N4CCCC4)nc3c2)c1)Nc1ccc(Cl)c(C(F)(F)F)c1. The van der Waals surface area contributed by atoms with Gasteiger partial charge in [0.2, 0.25) is 0 Å². The van der Waals surface area contributed by atoms with Gasteiger partial charge in [-0.25, -0.2) is 18.6 Å². The summed E-state index contributed by atoms with van der Waals surface area (Å²) in [6, 6.07) is 7.59. The number of urea groups is 1. The molecule has 1 saturated heterocycles. The van der Waals surface area contributed by atoms with Crippen molar-refractivity contribution in [3.05, 3.63) is 88.1 Å². The number of alkyl halides is 3. The van der Waals surface area contributed by atoms with E-state index in [1.807, 2.05) is 0 Å². The lowest BCUT2D eigenvalue weighted by Gasteiger charge is -2.16. The van der Waals surface area contributed by atoms with E-state index in [9.17, 15) is 31.5 Å². The number of nitrogens with zero attached hydrogens (tertiary/aromatic N) is 3. The van der Waals surface area contributed by atoms with Gasteiger partial charge >= 0.3 is 12.2 Å². The van der Waals surface area contributed by atoms with Crippen LogP contribution in [0.1, 0.15) is 34.3 Å². The molecule has 7 nitrogen and oxygen atoms in total. The van der Waals surface area contributed by atoms with Crippen LogP contribution in [0.2, 0.25) is 5.02 Å². The monoisotopic (exact) mass is 575 g/mol. The van der Waals surface area contributed by atoms with E-state index in [4.69, 9.17) is 11.6 Å². The van der Waals surface area contributed by atoms with Gasteiger partial charge < -0.3 is 15.5 Å². The number of anilines is 3.